The summed E-state index contributed by atoms with van der Waals surface area (Å²) in [6.07, 6.45) is 0. The van der Waals surface area contributed by atoms with Gasteiger partial charge in [-0.15, -0.1) is 56.7 Å². The van der Waals surface area contributed by atoms with E-state index in [9.17, 15) is 0 Å². The normalized spacial score (nSPS) is 11.3. The summed E-state index contributed by atoms with van der Waals surface area (Å²) in [5, 5.41) is 14.2. The van der Waals surface area contributed by atoms with Gasteiger partial charge in [-0.05, 0) is 576 Å². The number of hydrogen-bond acceptors (Lipinski definition) is 8. The average molecular weight is 1700 g/mol. The molecule has 8 heterocycles. The molecule has 0 saturated carbocycles. The van der Waals surface area contributed by atoms with Crippen molar-refractivity contribution in [2.45, 2.75) is 332 Å². The second-order valence-electron chi connectivity index (χ2n) is 35.9. The SMILES string of the molecule is Cc1c(C)c(C)c2c(C)oc(C)c2c1C.Cc1c(C)c(C)c2c(C)sc(C)c2c1C.Cc1oc2c(C)c(C)c(C)c(C)c2c1C.Cc1oc2c(C)c(C)c(C)c(C)c2c1C.Cc1sc2c(C)c(C)c(C)c(C)c2c1C.Cc1sc2c(C)c(C)c(C)c(C)c2c1C.Cc1sc2c(C)c(C)c(C)c(C)c2c1C.Cc1sc2c(C)c(C)c(C)c(C)c2c1C. The van der Waals surface area contributed by atoms with Gasteiger partial charge in [0.2, 0.25) is 0 Å². The van der Waals surface area contributed by atoms with E-state index in [0.717, 1.165) is 34.2 Å². The van der Waals surface area contributed by atoms with Crippen LogP contribution in [-0.4, -0.2) is 0 Å². The predicted octanol–water partition coefficient (Wildman–Crippen LogP) is 36.6. The molecule has 0 spiro atoms. The predicted molar refractivity (Wildman–Crippen MR) is 545 cm³/mol. The lowest BCUT2D eigenvalue weighted by Gasteiger charge is -2.12. The van der Waals surface area contributed by atoms with Gasteiger partial charge < -0.3 is 13.3 Å². The maximum atomic E-state index is 5.85. The number of furan rings is 3. The Kier molecular flexibility index (Phi) is 29.2. The van der Waals surface area contributed by atoms with Crippen LogP contribution in [0, 0.1) is 332 Å². The lowest BCUT2D eigenvalue weighted by molar-refractivity contribution is 0.510. The van der Waals surface area contributed by atoms with Crippen LogP contribution in [0.5, 0.6) is 0 Å². The molecule has 0 N–H and O–H groups in total. The zero-order chi connectivity index (χ0) is 90.6. The molecule has 8 heteroatoms. The smallest absolute Gasteiger partial charge is 0.137 e. The Morgan fingerprint density at radius 1 is 0.108 bits per heavy atom. The lowest BCUT2D eigenvalue weighted by Crippen LogP contribution is -1.93. The first-order valence-corrected chi connectivity index (χ1v) is 47.3. The fourth-order valence-corrected chi connectivity index (χ4v) is 24.9. The Labute approximate surface area is 743 Å². The van der Waals surface area contributed by atoms with Crippen LogP contribution in [0.15, 0.2) is 13.3 Å². The molecular formula is C112H144O3S5. The van der Waals surface area contributed by atoms with Crippen molar-refractivity contribution < 1.29 is 13.3 Å². The summed E-state index contributed by atoms with van der Waals surface area (Å²) in [6.45, 7) is 106. The van der Waals surface area contributed by atoms with Crippen LogP contribution in [0.2, 0.25) is 0 Å². The highest BCUT2D eigenvalue weighted by Crippen LogP contribution is 2.45. The van der Waals surface area contributed by atoms with Gasteiger partial charge in [-0.25, -0.2) is 0 Å². The van der Waals surface area contributed by atoms with Crippen molar-refractivity contribution in [1.29, 1.82) is 0 Å². The molecule has 0 unspecified atom stereocenters. The van der Waals surface area contributed by atoms with Crippen LogP contribution in [-0.2, 0) is 0 Å². The van der Waals surface area contributed by atoms with Crippen LogP contribution in [0.25, 0.3) is 83.8 Å². The molecule has 0 amide bonds. The molecule has 0 radical (unpaired) electrons. The quantitative estimate of drug-likeness (QED) is 0.152. The third kappa shape index (κ3) is 16.7. The van der Waals surface area contributed by atoms with Crippen molar-refractivity contribution in [3.05, 3.63) is 264 Å². The number of thiophene rings is 5. The van der Waals surface area contributed by atoms with E-state index < -0.39 is 0 Å². The largest absolute Gasteiger partial charge is 0.465 e. The standard InChI is InChI=1S/3C14H18O.5C14H18S/c1-7-8(2)10(4)14-12(6)15-11(5)13(14)9(7)3;2*1-7-8(2)10(4)14-13(9(7)3)11(5)12(6)15-14;1-7-8(2)10(4)14-12(6)15-11(5)13(14)9(7)3;4*1-7-8(2)10(4)14-13(9(7)3)11(5)12(6)15-14/h8*1-6H3. The van der Waals surface area contributed by atoms with Crippen LogP contribution in [0.1, 0.15) is 264 Å². The van der Waals surface area contributed by atoms with Crippen LogP contribution in [0.3, 0.4) is 0 Å². The van der Waals surface area contributed by atoms with Gasteiger partial charge >= 0.3 is 0 Å². The van der Waals surface area contributed by atoms with Crippen LogP contribution in [0.4, 0.5) is 0 Å². The summed E-state index contributed by atoms with van der Waals surface area (Å²) in [5.41, 5.74) is 56.2. The van der Waals surface area contributed by atoms with Gasteiger partial charge in [-0.3, -0.25) is 0 Å². The van der Waals surface area contributed by atoms with Gasteiger partial charge in [0.1, 0.15) is 34.2 Å². The monoisotopic (exact) mass is 1700 g/mol. The van der Waals surface area contributed by atoms with Crippen molar-refractivity contribution in [3.63, 3.8) is 0 Å². The fraction of sp³-hybridized carbons (Fsp3) is 0.429. The van der Waals surface area contributed by atoms with E-state index in [1.807, 2.05) is 70.5 Å². The molecule has 16 rings (SSSR count). The van der Waals surface area contributed by atoms with Crippen LogP contribution < -0.4 is 0 Å². The number of aryl methyl sites for hydroxylation is 32. The van der Waals surface area contributed by atoms with E-state index >= 15 is 0 Å². The highest BCUT2D eigenvalue weighted by Gasteiger charge is 2.24. The van der Waals surface area contributed by atoms with E-state index in [1.54, 1.807) is 0 Å². The third-order valence-electron chi connectivity index (χ3n) is 30.1. The second kappa shape index (κ2) is 36.5. The lowest BCUT2D eigenvalue weighted by atomic mass is 9.92. The minimum Gasteiger partial charge on any atom is -0.465 e. The van der Waals surface area contributed by atoms with Gasteiger partial charge in [0.15, 0.2) is 0 Å². The number of rotatable bonds is 0. The van der Waals surface area contributed by atoms with E-state index in [4.69, 9.17) is 13.3 Å². The molecule has 0 saturated heterocycles. The van der Waals surface area contributed by atoms with Gasteiger partial charge in [0, 0.05) is 69.6 Å². The molecule has 0 aliphatic carbocycles. The summed E-state index contributed by atoms with van der Waals surface area (Å²) < 4.78 is 23.4. The Bertz CT molecular complexity index is 5750. The summed E-state index contributed by atoms with van der Waals surface area (Å²) in [4.78, 5) is 8.77. The Balaban J connectivity index is 0.000000156. The maximum Gasteiger partial charge on any atom is 0.137 e. The summed E-state index contributed by atoms with van der Waals surface area (Å²) in [5.74, 6) is 4.18. The van der Waals surface area contributed by atoms with E-state index in [0.29, 0.717) is 0 Å². The van der Waals surface area contributed by atoms with E-state index in [-0.39, 0.29) is 0 Å². The van der Waals surface area contributed by atoms with Crippen LogP contribution >= 0.6 is 56.7 Å². The number of fused-ring (bicyclic) bond motifs is 8. The summed E-state index contributed by atoms with van der Waals surface area (Å²) in [6, 6.07) is 0. The Hall–Kier alpha value is -7.82. The van der Waals surface area contributed by atoms with Gasteiger partial charge in [-0.2, -0.15) is 0 Å². The molecule has 0 aliphatic rings. The zero-order valence-electron chi connectivity index (χ0n) is 83.3. The molecule has 120 heavy (non-hydrogen) atoms. The van der Waals surface area contributed by atoms with E-state index in [1.165, 1.54) is 313 Å². The Morgan fingerprint density at radius 3 is 0.483 bits per heavy atom. The minimum atomic E-state index is 1.04. The minimum absolute atomic E-state index is 1.04. The first-order chi connectivity index (χ1) is 55.6. The van der Waals surface area contributed by atoms with Crippen molar-refractivity contribution in [3.8, 4) is 0 Å². The average Bonchev–Trinajstić information content (AvgIpc) is 1.72. The highest BCUT2D eigenvalue weighted by molar-refractivity contribution is 7.20. The molecule has 640 valence electrons. The fourth-order valence-electron chi connectivity index (χ4n) is 18.6. The summed E-state index contributed by atoms with van der Waals surface area (Å²) >= 11 is 9.70. The van der Waals surface area contributed by atoms with E-state index in [2.05, 4.69) is 318 Å². The molecule has 3 nitrogen and oxygen atoms in total. The first-order valence-electron chi connectivity index (χ1n) is 43.3. The van der Waals surface area contributed by atoms with Crippen molar-refractivity contribution in [2.24, 2.45) is 0 Å². The van der Waals surface area contributed by atoms with Crippen molar-refractivity contribution in [1.82, 2.24) is 0 Å². The van der Waals surface area contributed by atoms with Gasteiger partial charge in [-0.1, -0.05) is 0 Å². The molecule has 0 atom stereocenters. The summed E-state index contributed by atoms with van der Waals surface area (Å²) in [7, 11) is 0. The molecule has 16 aromatic rings. The first kappa shape index (κ1) is 96.0. The Morgan fingerprint density at radius 2 is 0.275 bits per heavy atom. The second-order valence-corrected chi connectivity index (χ2v) is 42.2. The molecular weight excluding hydrogens is 1550 g/mol. The molecule has 0 aliphatic heterocycles. The third-order valence-corrected chi connectivity index (χ3v) is 36.5. The molecule has 0 bridgehead atoms. The van der Waals surface area contributed by atoms with Crippen molar-refractivity contribution >= 4 is 141 Å². The van der Waals surface area contributed by atoms with Gasteiger partial charge in [0.25, 0.3) is 0 Å². The maximum absolute atomic E-state index is 5.85. The zero-order valence-corrected chi connectivity index (χ0v) is 87.3. The number of hydrogen-bond donors (Lipinski definition) is 0. The van der Waals surface area contributed by atoms with Gasteiger partial charge in [0.05, 0.1) is 0 Å². The highest BCUT2D eigenvalue weighted by atomic mass is 32.1. The molecule has 0 fully saturated rings. The molecule has 8 aromatic carbocycles. The molecule has 8 aromatic heterocycles. The van der Waals surface area contributed by atoms with Crippen molar-refractivity contribution in [2.75, 3.05) is 0 Å². The topological polar surface area (TPSA) is 39.4 Å². The number of benzene rings is 8.